The van der Waals surface area contributed by atoms with Gasteiger partial charge in [0.05, 0.1) is 0 Å². The van der Waals surface area contributed by atoms with Gasteiger partial charge in [0, 0.05) is 24.0 Å². The van der Waals surface area contributed by atoms with Crippen LogP contribution in [-0.2, 0) is 0 Å². The van der Waals surface area contributed by atoms with E-state index in [4.69, 9.17) is 5.73 Å². The van der Waals surface area contributed by atoms with E-state index in [1.807, 2.05) is 0 Å². The molecule has 1 atom stereocenters. The lowest BCUT2D eigenvalue weighted by molar-refractivity contribution is -0.0499. The minimum Gasteiger partial charge on any atom is -0.433 e. The van der Waals surface area contributed by atoms with Crippen LogP contribution in [0.2, 0.25) is 0 Å². The molecule has 19 heavy (non-hydrogen) atoms. The van der Waals surface area contributed by atoms with Crippen LogP contribution in [0.3, 0.4) is 0 Å². The first-order chi connectivity index (χ1) is 8.97. The van der Waals surface area contributed by atoms with Crippen LogP contribution in [0.25, 0.3) is 0 Å². The second-order valence-corrected chi connectivity index (χ2v) is 5.84. The monoisotopic (exact) mass is 290 g/mol. The lowest BCUT2D eigenvalue weighted by Crippen LogP contribution is -2.45. The van der Waals surface area contributed by atoms with Crippen molar-refractivity contribution >= 4 is 17.2 Å². The molecule has 0 spiro atoms. The van der Waals surface area contributed by atoms with Gasteiger partial charge < -0.3 is 15.4 Å². The van der Waals surface area contributed by atoms with Crippen LogP contribution in [0.5, 0.6) is 5.75 Å². The van der Waals surface area contributed by atoms with Gasteiger partial charge >= 0.3 is 6.61 Å². The Labute approximate surface area is 114 Å². The number of likely N-dealkylation sites (tertiary alicyclic amines) is 1. The van der Waals surface area contributed by atoms with Crippen LogP contribution in [0.4, 0.5) is 8.78 Å². The first-order valence-corrected chi connectivity index (χ1v) is 6.89. The van der Waals surface area contributed by atoms with Gasteiger partial charge in [0.25, 0.3) is 5.91 Å². The molecule has 0 aromatic carbocycles. The lowest BCUT2D eigenvalue weighted by Gasteiger charge is -2.30. The fraction of sp³-hybridized carbons (Fsp3) is 0.583. The Hall–Kier alpha value is -1.21. The third-order valence-electron chi connectivity index (χ3n) is 2.98. The maximum atomic E-state index is 12.3. The summed E-state index contributed by atoms with van der Waals surface area (Å²) in [5, 5.41) is 0. The Morgan fingerprint density at radius 3 is 3.00 bits per heavy atom. The highest BCUT2D eigenvalue weighted by Gasteiger charge is 2.27. The number of aryl methyl sites for hydroxylation is 1. The highest BCUT2D eigenvalue weighted by Crippen LogP contribution is 2.31. The SMILES string of the molecule is Cc1cc(OC(F)F)c(C(=O)N2CCCC(N)C2)s1. The van der Waals surface area contributed by atoms with Crippen molar-refractivity contribution in [2.45, 2.75) is 32.4 Å². The number of nitrogens with zero attached hydrogens (tertiary/aromatic N) is 1. The highest BCUT2D eigenvalue weighted by molar-refractivity contribution is 7.14. The average Bonchev–Trinajstić information content (AvgIpc) is 2.68. The zero-order valence-electron chi connectivity index (χ0n) is 10.6. The van der Waals surface area contributed by atoms with E-state index < -0.39 is 6.61 Å². The summed E-state index contributed by atoms with van der Waals surface area (Å²) in [6.45, 7) is -0.104. The minimum absolute atomic E-state index is 0.0401. The van der Waals surface area contributed by atoms with Gasteiger partial charge in [-0.3, -0.25) is 4.79 Å². The third-order valence-corrected chi connectivity index (χ3v) is 4.00. The standard InChI is InChI=1S/C12H16F2N2O2S/c1-7-5-9(18-12(13)14)10(19-7)11(17)16-4-2-3-8(15)6-16/h5,8,12H,2-4,6,15H2,1H3. The van der Waals surface area contributed by atoms with Crippen LogP contribution in [-0.4, -0.2) is 36.5 Å². The molecular weight excluding hydrogens is 274 g/mol. The Morgan fingerprint density at radius 2 is 2.37 bits per heavy atom. The maximum absolute atomic E-state index is 12.3. The summed E-state index contributed by atoms with van der Waals surface area (Å²) >= 11 is 1.17. The van der Waals surface area contributed by atoms with Gasteiger partial charge in [0.2, 0.25) is 0 Å². The number of carbonyl (C=O) groups is 1. The molecule has 2 N–H and O–H groups in total. The van der Waals surface area contributed by atoms with Crippen molar-refractivity contribution in [3.63, 3.8) is 0 Å². The van der Waals surface area contributed by atoms with E-state index in [0.717, 1.165) is 17.7 Å². The summed E-state index contributed by atoms with van der Waals surface area (Å²) in [6, 6.07) is 1.42. The zero-order valence-corrected chi connectivity index (χ0v) is 11.4. The number of hydrogen-bond acceptors (Lipinski definition) is 4. The van der Waals surface area contributed by atoms with E-state index in [-0.39, 0.29) is 22.6 Å². The number of thiophene rings is 1. The second-order valence-electron chi connectivity index (χ2n) is 4.58. The van der Waals surface area contributed by atoms with Crippen molar-refractivity contribution in [1.29, 1.82) is 0 Å². The molecule has 7 heteroatoms. The van der Waals surface area contributed by atoms with Crippen LogP contribution in [0, 0.1) is 6.92 Å². The van der Waals surface area contributed by atoms with Crippen molar-refractivity contribution in [2.75, 3.05) is 13.1 Å². The number of piperidine rings is 1. The summed E-state index contributed by atoms with van der Waals surface area (Å²) < 4.78 is 29.0. The van der Waals surface area contributed by atoms with Crippen molar-refractivity contribution in [3.8, 4) is 5.75 Å². The van der Waals surface area contributed by atoms with Gasteiger partial charge in [-0.05, 0) is 25.8 Å². The molecule has 1 unspecified atom stereocenters. The molecule has 0 bridgehead atoms. The molecule has 1 fully saturated rings. The predicted octanol–water partition coefficient (Wildman–Crippen LogP) is 2.22. The molecule has 0 radical (unpaired) electrons. The number of carbonyl (C=O) groups excluding carboxylic acids is 1. The van der Waals surface area contributed by atoms with E-state index in [9.17, 15) is 13.6 Å². The van der Waals surface area contributed by atoms with Crippen LogP contribution in [0.1, 0.15) is 27.4 Å². The molecule has 4 nitrogen and oxygen atoms in total. The van der Waals surface area contributed by atoms with Gasteiger partial charge in [0.1, 0.15) is 10.6 Å². The van der Waals surface area contributed by atoms with Crippen LogP contribution >= 0.6 is 11.3 Å². The quantitative estimate of drug-likeness (QED) is 0.928. The third kappa shape index (κ3) is 3.42. The summed E-state index contributed by atoms with van der Waals surface area (Å²) in [4.78, 5) is 14.9. The second kappa shape index (κ2) is 5.83. The molecule has 2 rings (SSSR count). The average molecular weight is 290 g/mol. The highest BCUT2D eigenvalue weighted by atomic mass is 32.1. The van der Waals surface area contributed by atoms with Gasteiger partial charge in [0.15, 0.2) is 0 Å². The number of halogens is 2. The molecule has 0 saturated carbocycles. The number of nitrogens with two attached hydrogens (primary N) is 1. The molecule has 1 amide bonds. The predicted molar refractivity (Wildman–Crippen MR) is 68.8 cm³/mol. The molecule has 1 aromatic rings. The number of alkyl halides is 2. The molecular formula is C12H16F2N2O2S. The lowest BCUT2D eigenvalue weighted by atomic mass is 10.1. The maximum Gasteiger partial charge on any atom is 0.387 e. The summed E-state index contributed by atoms with van der Waals surface area (Å²) in [6.07, 6.45) is 1.72. The summed E-state index contributed by atoms with van der Waals surface area (Å²) in [5.74, 6) is -0.314. The Morgan fingerprint density at radius 1 is 1.63 bits per heavy atom. The first kappa shape index (κ1) is 14.2. The number of rotatable bonds is 3. The largest absolute Gasteiger partial charge is 0.433 e. The molecule has 2 heterocycles. The molecule has 106 valence electrons. The number of hydrogen-bond donors (Lipinski definition) is 1. The van der Waals surface area contributed by atoms with Crippen molar-refractivity contribution in [2.24, 2.45) is 5.73 Å². The van der Waals surface area contributed by atoms with E-state index in [0.29, 0.717) is 13.1 Å². The molecule has 1 aromatic heterocycles. The number of ether oxygens (including phenoxy) is 1. The van der Waals surface area contributed by atoms with Gasteiger partial charge in [-0.1, -0.05) is 0 Å². The van der Waals surface area contributed by atoms with Gasteiger partial charge in [-0.25, -0.2) is 0 Å². The zero-order chi connectivity index (χ0) is 14.0. The van der Waals surface area contributed by atoms with E-state index in [2.05, 4.69) is 4.74 Å². The fourth-order valence-corrected chi connectivity index (χ4v) is 3.07. The molecule has 0 aliphatic carbocycles. The Balaban J connectivity index is 2.18. The molecule has 1 aliphatic rings. The smallest absolute Gasteiger partial charge is 0.387 e. The van der Waals surface area contributed by atoms with E-state index in [1.165, 1.54) is 17.4 Å². The van der Waals surface area contributed by atoms with E-state index in [1.54, 1.807) is 11.8 Å². The van der Waals surface area contributed by atoms with Crippen molar-refractivity contribution in [3.05, 3.63) is 15.8 Å². The van der Waals surface area contributed by atoms with Gasteiger partial charge in [-0.2, -0.15) is 8.78 Å². The number of amides is 1. The topological polar surface area (TPSA) is 55.6 Å². The molecule has 1 aliphatic heterocycles. The van der Waals surface area contributed by atoms with E-state index >= 15 is 0 Å². The first-order valence-electron chi connectivity index (χ1n) is 6.07. The summed E-state index contributed by atoms with van der Waals surface area (Å²) in [7, 11) is 0. The Kier molecular flexibility index (Phi) is 4.36. The van der Waals surface area contributed by atoms with Gasteiger partial charge in [-0.15, -0.1) is 11.3 Å². The van der Waals surface area contributed by atoms with Crippen molar-refractivity contribution < 1.29 is 18.3 Å². The Bertz CT molecular complexity index is 465. The van der Waals surface area contributed by atoms with Crippen LogP contribution < -0.4 is 10.5 Å². The van der Waals surface area contributed by atoms with Crippen molar-refractivity contribution in [1.82, 2.24) is 4.90 Å². The molecule has 1 saturated heterocycles. The fourth-order valence-electron chi connectivity index (χ4n) is 2.16. The van der Waals surface area contributed by atoms with Crippen LogP contribution in [0.15, 0.2) is 6.07 Å². The normalized spacial score (nSPS) is 19.8. The summed E-state index contributed by atoms with van der Waals surface area (Å²) in [5.41, 5.74) is 5.82. The minimum atomic E-state index is -2.93.